The highest BCUT2D eigenvalue weighted by atomic mass is 32.2. The SMILES string of the molecule is CCOc1cccc(NC(=O)CN(c2ccc3c(c2)OCCO3)S(C)(=O)=O)c1. The Balaban J connectivity index is 1.78. The Morgan fingerprint density at radius 2 is 1.89 bits per heavy atom. The van der Waals surface area contributed by atoms with Gasteiger partial charge in [0.05, 0.1) is 18.6 Å². The van der Waals surface area contributed by atoms with E-state index in [9.17, 15) is 13.2 Å². The number of hydrogen-bond donors (Lipinski definition) is 1. The average Bonchev–Trinajstić information content (AvgIpc) is 2.65. The maximum Gasteiger partial charge on any atom is 0.245 e. The smallest absolute Gasteiger partial charge is 0.245 e. The molecule has 0 saturated carbocycles. The number of anilines is 2. The molecule has 0 atom stereocenters. The molecule has 0 fully saturated rings. The predicted molar refractivity (Wildman–Crippen MR) is 106 cm³/mol. The molecule has 0 saturated heterocycles. The van der Waals surface area contributed by atoms with Gasteiger partial charge in [0.15, 0.2) is 11.5 Å². The topological polar surface area (TPSA) is 94.2 Å². The van der Waals surface area contributed by atoms with Crippen LogP contribution in [0, 0.1) is 0 Å². The van der Waals surface area contributed by atoms with E-state index < -0.39 is 15.9 Å². The highest BCUT2D eigenvalue weighted by molar-refractivity contribution is 7.92. The number of amides is 1. The molecule has 0 aromatic heterocycles. The van der Waals surface area contributed by atoms with E-state index in [1.54, 1.807) is 42.5 Å². The number of fused-ring (bicyclic) bond motifs is 1. The van der Waals surface area contributed by atoms with E-state index in [2.05, 4.69) is 5.32 Å². The second kappa shape index (κ2) is 8.39. The van der Waals surface area contributed by atoms with Crippen molar-refractivity contribution in [3.63, 3.8) is 0 Å². The fourth-order valence-electron chi connectivity index (χ4n) is 2.75. The summed E-state index contributed by atoms with van der Waals surface area (Å²) in [6, 6.07) is 11.7. The van der Waals surface area contributed by atoms with Gasteiger partial charge in [0.25, 0.3) is 0 Å². The molecule has 1 N–H and O–H groups in total. The van der Waals surface area contributed by atoms with E-state index in [0.29, 0.717) is 48.4 Å². The fraction of sp³-hybridized carbons (Fsp3) is 0.316. The lowest BCUT2D eigenvalue weighted by atomic mass is 10.2. The molecule has 0 spiro atoms. The van der Waals surface area contributed by atoms with Crippen molar-refractivity contribution >= 4 is 27.3 Å². The molecule has 2 aromatic carbocycles. The van der Waals surface area contributed by atoms with E-state index in [1.165, 1.54) is 0 Å². The first-order valence-corrected chi connectivity index (χ1v) is 10.6. The summed E-state index contributed by atoms with van der Waals surface area (Å²) in [6.45, 7) is 2.81. The summed E-state index contributed by atoms with van der Waals surface area (Å²) in [5, 5.41) is 2.69. The lowest BCUT2D eigenvalue weighted by Gasteiger charge is -2.24. The first-order chi connectivity index (χ1) is 13.4. The minimum Gasteiger partial charge on any atom is -0.494 e. The Kier molecular flexibility index (Phi) is 5.93. The molecule has 9 heteroatoms. The number of carbonyl (C=O) groups is 1. The van der Waals surface area contributed by atoms with Gasteiger partial charge in [-0.3, -0.25) is 9.10 Å². The molecule has 1 aliphatic heterocycles. The molecule has 3 rings (SSSR count). The Labute approximate surface area is 164 Å². The van der Waals surface area contributed by atoms with Crippen LogP contribution in [0.4, 0.5) is 11.4 Å². The van der Waals surface area contributed by atoms with Crippen LogP contribution in [0.15, 0.2) is 42.5 Å². The van der Waals surface area contributed by atoms with Crippen LogP contribution < -0.4 is 23.8 Å². The van der Waals surface area contributed by atoms with Crippen molar-refractivity contribution in [1.82, 2.24) is 0 Å². The summed E-state index contributed by atoms with van der Waals surface area (Å²) < 4.78 is 41.9. The maximum atomic E-state index is 12.5. The molecule has 0 unspecified atom stereocenters. The van der Waals surface area contributed by atoms with Crippen molar-refractivity contribution in [2.75, 3.05) is 42.2 Å². The highest BCUT2D eigenvalue weighted by Crippen LogP contribution is 2.34. The van der Waals surface area contributed by atoms with Crippen LogP contribution in [0.5, 0.6) is 17.2 Å². The molecular formula is C19H22N2O6S. The number of ether oxygens (including phenoxy) is 3. The number of hydrogen-bond acceptors (Lipinski definition) is 6. The molecule has 1 amide bonds. The van der Waals surface area contributed by atoms with E-state index in [-0.39, 0.29) is 6.54 Å². The molecule has 0 radical (unpaired) electrons. The second-order valence-electron chi connectivity index (χ2n) is 6.11. The molecule has 28 heavy (non-hydrogen) atoms. The second-order valence-corrected chi connectivity index (χ2v) is 8.01. The van der Waals surface area contributed by atoms with Crippen molar-refractivity contribution in [1.29, 1.82) is 0 Å². The van der Waals surface area contributed by atoms with Gasteiger partial charge in [-0.1, -0.05) is 6.07 Å². The number of nitrogens with one attached hydrogen (secondary N) is 1. The van der Waals surface area contributed by atoms with E-state index in [4.69, 9.17) is 14.2 Å². The van der Waals surface area contributed by atoms with Gasteiger partial charge >= 0.3 is 0 Å². The van der Waals surface area contributed by atoms with Gasteiger partial charge in [0.2, 0.25) is 15.9 Å². The standard InChI is InChI=1S/C19H22N2O6S/c1-3-25-16-6-4-5-14(11-16)20-19(22)13-21(28(2,23)24)15-7-8-17-18(12-15)27-10-9-26-17/h4-8,11-12H,3,9-10,13H2,1-2H3,(H,20,22). The lowest BCUT2D eigenvalue weighted by molar-refractivity contribution is -0.114. The van der Waals surface area contributed by atoms with Crippen molar-refractivity contribution in [2.24, 2.45) is 0 Å². The van der Waals surface area contributed by atoms with Gasteiger partial charge in [-0.05, 0) is 31.2 Å². The first-order valence-electron chi connectivity index (χ1n) is 8.77. The monoisotopic (exact) mass is 406 g/mol. The van der Waals surface area contributed by atoms with Crippen LogP contribution in [-0.2, 0) is 14.8 Å². The third-order valence-corrected chi connectivity index (χ3v) is 5.07. The molecular weight excluding hydrogens is 384 g/mol. The van der Waals surface area contributed by atoms with Crippen molar-refractivity contribution in [2.45, 2.75) is 6.92 Å². The summed E-state index contributed by atoms with van der Waals surface area (Å²) in [7, 11) is -3.70. The molecule has 0 aliphatic carbocycles. The fourth-order valence-corrected chi connectivity index (χ4v) is 3.60. The quantitative estimate of drug-likeness (QED) is 0.758. The van der Waals surface area contributed by atoms with Gasteiger partial charge in [-0.25, -0.2) is 8.42 Å². The van der Waals surface area contributed by atoms with Crippen molar-refractivity contribution in [3.05, 3.63) is 42.5 Å². The molecule has 150 valence electrons. The molecule has 8 nitrogen and oxygen atoms in total. The Bertz CT molecular complexity index is 961. The van der Waals surface area contributed by atoms with E-state index in [1.807, 2.05) is 6.92 Å². The molecule has 1 aliphatic rings. The molecule has 1 heterocycles. The molecule has 2 aromatic rings. The summed E-state index contributed by atoms with van der Waals surface area (Å²) in [5.41, 5.74) is 0.844. The number of carbonyl (C=O) groups excluding carboxylic acids is 1. The summed E-state index contributed by atoms with van der Waals surface area (Å²) in [5.74, 6) is 1.13. The number of benzene rings is 2. The first kappa shape index (κ1) is 19.8. The summed E-state index contributed by atoms with van der Waals surface area (Å²) >= 11 is 0. The zero-order valence-electron chi connectivity index (χ0n) is 15.7. The van der Waals surface area contributed by atoms with Crippen LogP contribution in [0.2, 0.25) is 0 Å². The Morgan fingerprint density at radius 1 is 1.14 bits per heavy atom. The van der Waals surface area contributed by atoms with Crippen LogP contribution in [-0.4, -0.2) is 46.9 Å². The van der Waals surface area contributed by atoms with Crippen LogP contribution >= 0.6 is 0 Å². The average molecular weight is 406 g/mol. The zero-order valence-corrected chi connectivity index (χ0v) is 16.5. The predicted octanol–water partition coefficient (Wildman–Crippen LogP) is 2.26. The highest BCUT2D eigenvalue weighted by Gasteiger charge is 2.23. The number of rotatable bonds is 7. The number of nitrogens with zero attached hydrogens (tertiary/aromatic N) is 1. The Morgan fingerprint density at radius 3 is 2.61 bits per heavy atom. The zero-order chi connectivity index (χ0) is 20.1. The van der Waals surface area contributed by atoms with Gasteiger partial charge in [-0.15, -0.1) is 0 Å². The van der Waals surface area contributed by atoms with Gasteiger partial charge in [-0.2, -0.15) is 0 Å². The van der Waals surface area contributed by atoms with Crippen LogP contribution in [0.25, 0.3) is 0 Å². The third-order valence-electron chi connectivity index (χ3n) is 3.93. The van der Waals surface area contributed by atoms with E-state index in [0.717, 1.165) is 10.6 Å². The van der Waals surface area contributed by atoms with Crippen molar-refractivity contribution < 1.29 is 27.4 Å². The number of sulfonamides is 1. The molecule has 0 bridgehead atoms. The van der Waals surface area contributed by atoms with Crippen LogP contribution in [0.1, 0.15) is 6.92 Å². The van der Waals surface area contributed by atoms with E-state index >= 15 is 0 Å². The maximum absolute atomic E-state index is 12.5. The minimum absolute atomic E-state index is 0.324. The van der Waals surface area contributed by atoms with Gasteiger partial charge in [0.1, 0.15) is 25.5 Å². The van der Waals surface area contributed by atoms with Gasteiger partial charge < -0.3 is 19.5 Å². The summed E-state index contributed by atoms with van der Waals surface area (Å²) in [6.07, 6.45) is 1.05. The third kappa shape index (κ3) is 4.86. The Hall–Kier alpha value is -2.94. The van der Waals surface area contributed by atoms with Crippen molar-refractivity contribution in [3.8, 4) is 17.2 Å². The normalized spacial score (nSPS) is 12.9. The summed E-state index contributed by atoms with van der Waals surface area (Å²) in [4.78, 5) is 12.5. The lowest BCUT2D eigenvalue weighted by Crippen LogP contribution is -2.37. The minimum atomic E-state index is -3.70. The largest absolute Gasteiger partial charge is 0.494 e. The van der Waals surface area contributed by atoms with Gasteiger partial charge in [0, 0.05) is 17.8 Å². The van der Waals surface area contributed by atoms with Crippen LogP contribution in [0.3, 0.4) is 0 Å².